The van der Waals surface area contributed by atoms with E-state index in [1.54, 1.807) is 6.07 Å². The number of amides is 1. The van der Waals surface area contributed by atoms with Crippen LogP contribution in [0.1, 0.15) is 54.1 Å². The summed E-state index contributed by atoms with van der Waals surface area (Å²) in [6, 6.07) is 7.19. The van der Waals surface area contributed by atoms with Crippen molar-refractivity contribution in [3.8, 4) is 5.75 Å². The summed E-state index contributed by atoms with van der Waals surface area (Å²) in [4.78, 5) is 12.6. The molecule has 1 N–H and O–H groups in total. The predicted octanol–water partition coefficient (Wildman–Crippen LogP) is 3.32. The molecular weight excluding hydrogens is 290 g/mol. The molecule has 0 saturated heterocycles. The molecule has 0 bridgehead atoms. The Balaban J connectivity index is 2.22. The lowest BCUT2D eigenvalue weighted by atomic mass is 10.1. The van der Waals surface area contributed by atoms with Crippen LogP contribution in [0.3, 0.4) is 0 Å². The van der Waals surface area contributed by atoms with Crippen molar-refractivity contribution in [3.63, 3.8) is 0 Å². The highest BCUT2D eigenvalue weighted by molar-refractivity contribution is 5.97. The van der Waals surface area contributed by atoms with Gasteiger partial charge >= 0.3 is 0 Å². The van der Waals surface area contributed by atoms with Crippen molar-refractivity contribution in [1.82, 2.24) is 15.1 Å². The van der Waals surface area contributed by atoms with Crippen molar-refractivity contribution in [2.24, 2.45) is 7.05 Å². The van der Waals surface area contributed by atoms with E-state index >= 15 is 0 Å². The van der Waals surface area contributed by atoms with Crippen molar-refractivity contribution in [3.05, 3.63) is 46.8 Å². The topological polar surface area (TPSA) is 56.2 Å². The van der Waals surface area contributed by atoms with Crippen LogP contribution < -0.4 is 10.1 Å². The fraction of sp³-hybridized carbons (Fsp3) is 0.444. The molecule has 0 aliphatic carbocycles. The van der Waals surface area contributed by atoms with Gasteiger partial charge in [0.05, 0.1) is 23.4 Å². The molecule has 1 aromatic carbocycles. The van der Waals surface area contributed by atoms with Gasteiger partial charge in [-0.05, 0) is 46.8 Å². The number of aryl methyl sites for hydroxylation is 2. The summed E-state index contributed by atoms with van der Waals surface area (Å²) in [5, 5.41) is 7.46. The molecule has 1 amide bonds. The van der Waals surface area contributed by atoms with Gasteiger partial charge in [-0.1, -0.05) is 12.1 Å². The molecule has 0 radical (unpaired) electrons. The molecule has 0 aliphatic rings. The van der Waals surface area contributed by atoms with E-state index in [9.17, 15) is 4.79 Å². The normalized spacial score (nSPS) is 12.3. The lowest BCUT2D eigenvalue weighted by molar-refractivity contribution is 0.0934. The summed E-state index contributed by atoms with van der Waals surface area (Å²) in [5.74, 6) is 0.461. The Morgan fingerprint density at radius 3 is 2.43 bits per heavy atom. The van der Waals surface area contributed by atoms with Crippen LogP contribution in [0.5, 0.6) is 5.75 Å². The number of nitrogens with zero attached hydrogens (tertiary/aromatic N) is 2. The Hall–Kier alpha value is -2.30. The number of nitrogens with one attached hydrogen (secondary N) is 1. The number of aromatic nitrogens is 2. The van der Waals surface area contributed by atoms with Crippen LogP contribution in [0.15, 0.2) is 24.3 Å². The third-order valence-electron chi connectivity index (χ3n) is 3.84. The quantitative estimate of drug-likeness (QED) is 0.921. The number of hydrogen-bond acceptors (Lipinski definition) is 3. The molecular formula is C18H25N3O2. The Labute approximate surface area is 137 Å². The summed E-state index contributed by atoms with van der Waals surface area (Å²) >= 11 is 0. The number of carbonyl (C=O) groups is 1. The van der Waals surface area contributed by atoms with Crippen molar-refractivity contribution in [2.45, 2.75) is 46.8 Å². The number of benzene rings is 1. The molecule has 2 rings (SSSR count). The van der Waals surface area contributed by atoms with Crippen LogP contribution in [0.25, 0.3) is 0 Å². The van der Waals surface area contributed by atoms with Gasteiger partial charge in [-0.3, -0.25) is 9.48 Å². The monoisotopic (exact) mass is 315 g/mol. The van der Waals surface area contributed by atoms with Crippen molar-refractivity contribution in [2.75, 3.05) is 0 Å². The molecule has 1 atom stereocenters. The number of ether oxygens (including phenoxy) is 1. The molecule has 0 spiro atoms. The first-order chi connectivity index (χ1) is 10.8. The van der Waals surface area contributed by atoms with Gasteiger partial charge < -0.3 is 10.1 Å². The lowest BCUT2D eigenvalue weighted by Gasteiger charge is -2.17. The van der Waals surface area contributed by atoms with Gasteiger partial charge in [0.25, 0.3) is 5.91 Å². The second-order valence-corrected chi connectivity index (χ2v) is 6.07. The van der Waals surface area contributed by atoms with E-state index in [0.717, 1.165) is 17.0 Å². The fourth-order valence-corrected chi connectivity index (χ4v) is 2.77. The van der Waals surface area contributed by atoms with Crippen molar-refractivity contribution >= 4 is 5.91 Å². The van der Waals surface area contributed by atoms with E-state index in [1.807, 2.05) is 64.5 Å². The maximum atomic E-state index is 12.6. The maximum Gasteiger partial charge on any atom is 0.255 e. The molecule has 5 nitrogen and oxygen atoms in total. The van der Waals surface area contributed by atoms with Crippen LogP contribution in [0.2, 0.25) is 0 Å². The van der Waals surface area contributed by atoms with E-state index in [0.29, 0.717) is 11.3 Å². The molecule has 5 heteroatoms. The first-order valence-electron chi connectivity index (χ1n) is 7.88. The molecule has 1 heterocycles. The van der Waals surface area contributed by atoms with E-state index in [2.05, 4.69) is 10.4 Å². The first kappa shape index (κ1) is 17.1. The second kappa shape index (κ2) is 6.86. The van der Waals surface area contributed by atoms with Crippen LogP contribution >= 0.6 is 0 Å². The van der Waals surface area contributed by atoms with Crippen molar-refractivity contribution < 1.29 is 9.53 Å². The van der Waals surface area contributed by atoms with Crippen LogP contribution in [-0.4, -0.2) is 21.8 Å². The van der Waals surface area contributed by atoms with Crippen molar-refractivity contribution in [1.29, 1.82) is 0 Å². The second-order valence-electron chi connectivity index (χ2n) is 6.07. The third kappa shape index (κ3) is 3.73. The van der Waals surface area contributed by atoms with Crippen LogP contribution in [0.4, 0.5) is 0 Å². The molecule has 2 aromatic rings. The van der Waals surface area contributed by atoms with Gasteiger partial charge in [-0.2, -0.15) is 5.10 Å². The zero-order valence-electron chi connectivity index (χ0n) is 14.7. The first-order valence-corrected chi connectivity index (χ1v) is 7.88. The van der Waals surface area contributed by atoms with Crippen LogP contribution in [-0.2, 0) is 7.05 Å². The maximum absolute atomic E-state index is 12.6. The standard InChI is InChI=1S/C18H25N3O2/c1-11(2)23-16-10-8-7-9-15(16)18(22)19-12(3)17-13(4)20-21(6)14(17)5/h7-12H,1-6H3,(H,19,22)/t12-/m1/s1. The minimum atomic E-state index is -0.142. The van der Waals surface area contributed by atoms with Gasteiger partial charge in [-0.15, -0.1) is 0 Å². The summed E-state index contributed by atoms with van der Waals surface area (Å²) < 4.78 is 7.56. The zero-order chi connectivity index (χ0) is 17.1. The summed E-state index contributed by atoms with van der Waals surface area (Å²) in [5.41, 5.74) is 3.60. The summed E-state index contributed by atoms with van der Waals surface area (Å²) in [6.45, 7) is 9.83. The Kier molecular flexibility index (Phi) is 5.08. The Morgan fingerprint density at radius 2 is 1.87 bits per heavy atom. The number of carbonyl (C=O) groups excluding carboxylic acids is 1. The van der Waals surface area contributed by atoms with Gasteiger partial charge in [0.15, 0.2) is 0 Å². The Bertz CT molecular complexity index is 704. The van der Waals surface area contributed by atoms with Crippen LogP contribution in [0, 0.1) is 13.8 Å². The highest BCUT2D eigenvalue weighted by atomic mass is 16.5. The number of hydrogen-bond donors (Lipinski definition) is 1. The lowest BCUT2D eigenvalue weighted by Crippen LogP contribution is -2.28. The SMILES string of the molecule is Cc1nn(C)c(C)c1[C@@H](C)NC(=O)c1ccccc1OC(C)C. The molecule has 23 heavy (non-hydrogen) atoms. The summed E-state index contributed by atoms with van der Waals surface area (Å²) in [7, 11) is 1.91. The van der Waals surface area contributed by atoms with E-state index < -0.39 is 0 Å². The smallest absolute Gasteiger partial charge is 0.255 e. The molecule has 0 aliphatic heterocycles. The Morgan fingerprint density at radius 1 is 1.22 bits per heavy atom. The molecule has 0 fully saturated rings. The third-order valence-corrected chi connectivity index (χ3v) is 3.84. The summed E-state index contributed by atoms with van der Waals surface area (Å²) in [6.07, 6.45) is 0.0178. The minimum absolute atomic E-state index is 0.0178. The van der Waals surface area contributed by atoms with Gasteiger partial charge in [0.1, 0.15) is 5.75 Å². The highest BCUT2D eigenvalue weighted by Crippen LogP contribution is 2.23. The minimum Gasteiger partial charge on any atom is -0.490 e. The predicted molar refractivity (Wildman–Crippen MR) is 90.8 cm³/mol. The van der Waals surface area contributed by atoms with Gasteiger partial charge in [0, 0.05) is 18.3 Å². The van der Waals surface area contributed by atoms with E-state index in [4.69, 9.17) is 4.74 Å². The zero-order valence-corrected chi connectivity index (χ0v) is 14.7. The van der Waals surface area contributed by atoms with E-state index in [-0.39, 0.29) is 18.1 Å². The largest absolute Gasteiger partial charge is 0.490 e. The molecule has 1 aromatic heterocycles. The average Bonchev–Trinajstić information content (AvgIpc) is 2.71. The fourth-order valence-electron chi connectivity index (χ4n) is 2.77. The highest BCUT2D eigenvalue weighted by Gasteiger charge is 2.20. The average molecular weight is 315 g/mol. The molecule has 0 saturated carbocycles. The number of rotatable bonds is 5. The van der Waals surface area contributed by atoms with E-state index in [1.165, 1.54) is 0 Å². The molecule has 0 unspecified atom stereocenters. The van der Waals surface area contributed by atoms with Gasteiger partial charge in [0.2, 0.25) is 0 Å². The molecule has 124 valence electrons. The number of para-hydroxylation sites is 1. The van der Waals surface area contributed by atoms with Gasteiger partial charge in [-0.25, -0.2) is 0 Å².